The van der Waals surface area contributed by atoms with Gasteiger partial charge < -0.3 is 4.74 Å². The third kappa shape index (κ3) is 2.12. The molecule has 1 heterocycles. The van der Waals surface area contributed by atoms with Crippen molar-refractivity contribution in [3.8, 4) is 10.8 Å². The number of thiazole rings is 1. The van der Waals surface area contributed by atoms with E-state index in [0.29, 0.717) is 0 Å². The fourth-order valence-corrected chi connectivity index (χ4v) is 1.77. The van der Waals surface area contributed by atoms with E-state index in [0.717, 1.165) is 10.8 Å². The van der Waals surface area contributed by atoms with E-state index >= 15 is 0 Å². The maximum absolute atomic E-state index is 5.60. The first-order chi connectivity index (χ1) is 6.74. The molecule has 0 aliphatic carbocycles. The number of ether oxygens (including phenoxy) is 1. The molecule has 2 nitrogen and oxygen atoms in total. The molecule has 0 saturated heterocycles. The summed E-state index contributed by atoms with van der Waals surface area (Å²) in [4.78, 5) is 3.83. The molecule has 1 aromatic carbocycles. The van der Waals surface area contributed by atoms with Gasteiger partial charge in [-0.1, -0.05) is 17.4 Å². The van der Waals surface area contributed by atoms with Crippen molar-refractivity contribution >= 4 is 11.3 Å². The molecule has 0 saturated carbocycles. The van der Waals surface area contributed by atoms with Crippen LogP contribution in [-0.2, 0) is 0 Å². The highest BCUT2D eigenvalue weighted by Gasteiger charge is 2.00. The molecule has 0 bridgehead atoms. The predicted molar refractivity (Wildman–Crippen MR) is 56.9 cm³/mol. The predicted octanol–water partition coefficient (Wildman–Crippen LogP) is 3.35. The van der Waals surface area contributed by atoms with E-state index in [-0.39, 0.29) is 0 Å². The van der Waals surface area contributed by atoms with Crippen LogP contribution in [0.25, 0.3) is 0 Å². The number of nitrogens with zero attached hydrogens (tertiary/aromatic N) is 1. The highest BCUT2D eigenvalue weighted by Crippen LogP contribution is 2.25. The molecule has 0 fully saturated rings. The SMILES string of the molecule is Cc1cc(C)cc(Oc2cn[c]s2)c1. The van der Waals surface area contributed by atoms with Gasteiger partial charge in [0.1, 0.15) is 5.75 Å². The molecule has 0 N–H and O–H groups in total. The van der Waals surface area contributed by atoms with Gasteiger partial charge in [-0.2, -0.15) is 0 Å². The van der Waals surface area contributed by atoms with Crippen LogP contribution < -0.4 is 4.74 Å². The van der Waals surface area contributed by atoms with Crippen LogP contribution >= 0.6 is 11.3 Å². The van der Waals surface area contributed by atoms with Gasteiger partial charge in [-0.15, -0.1) is 0 Å². The summed E-state index contributed by atoms with van der Waals surface area (Å²) in [6.07, 6.45) is 1.67. The van der Waals surface area contributed by atoms with Crippen LogP contribution in [-0.4, -0.2) is 4.98 Å². The van der Waals surface area contributed by atoms with Gasteiger partial charge in [0.05, 0.1) is 6.20 Å². The molecule has 0 amide bonds. The van der Waals surface area contributed by atoms with Crippen molar-refractivity contribution in [2.75, 3.05) is 0 Å². The smallest absolute Gasteiger partial charge is 0.201 e. The van der Waals surface area contributed by atoms with E-state index in [1.165, 1.54) is 22.5 Å². The minimum absolute atomic E-state index is 0.773. The Morgan fingerprint density at radius 3 is 2.50 bits per heavy atom. The molecule has 14 heavy (non-hydrogen) atoms. The standard InChI is InChI=1S/C11H10NOS/c1-8-3-9(2)5-10(4-8)13-11-6-12-7-14-11/h3-6H,1-2H3. The molecular formula is C11H10NOS. The summed E-state index contributed by atoms with van der Waals surface area (Å²) in [5, 5.41) is 0.773. The first-order valence-electron chi connectivity index (χ1n) is 4.32. The summed E-state index contributed by atoms with van der Waals surface area (Å²) < 4.78 is 5.60. The molecule has 0 spiro atoms. The number of rotatable bonds is 2. The summed E-state index contributed by atoms with van der Waals surface area (Å²) in [5.41, 5.74) is 5.15. The van der Waals surface area contributed by atoms with Crippen LogP contribution in [0.5, 0.6) is 10.8 Å². The van der Waals surface area contributed by atoms with Crippen molar-refractivity contribution < 1.29 is 4.74 Å². The highest BCUT2D eigenvalue weighted by atomic mass is 32.1. The molecule has 2 rings (SSSR count). The van der Waals surface area contributed by atoms with E-state index in [4.69, 9.17) is 4.74 Å². The quantitative estimate of drug-likeness (QED) is 0.748. The minimum Gasteiger partial charge on any atom is -0.445 e. The van der Waals surface area contributed by atoms with Crippen molar-refractivity contribution in [3.63, 3.8) is 0 Å². The fraction of sp³-hybridized carbons (Fsp3) is 0.182. The fourth-order valence-electron chi connectivity index (χ4n) is 1.33. The van der Waals surface area contributed by atoms with Gasteiger partial charge in [0.2, 0.25) is 5.06 Å². The van der Waals surface area contributed by atoms with Crippen molar-refractivity contribution in [2.45, 2.75) is 13.8 Å². The zero-order valence-electron chi connectivity index (χ0n) is 8.07. The van der Waals surface area contributed by atoms with E-state index in [9.17, 15) is 0 Å². The van der Waals surface area contributed by atoms with Gasteiger partial charge >= 0.3 is 0 Å². The second kappa shape index (κ2) is 3.80. The minimum atomic E-state index is 0.773. The van der Waals surface area contributed by atoms with Crippen LogP contribution in [0.2, 0.25) is 0 Å². The Labute approximate surface area is 87.2 Å². The van der Waals surface area contributed by atoms with Crippen LogP contribution in [0.3, 0.4) is 0 Å². The first-order valence-corrected chi connectivity index (χ1v) is 5.14. The Bertz CT molecular complexity index is 403. The zero-order chi connectivity index (χ0) is 9.97. The second-order valence-corrected chi connectivity index (χ2v) is 3.99. The molecular weight excluding hydrogens is 194 g/mol. The Hall–Kier alpha value is -1.35. The van der Waals surface area contributed by atoms with Crippen LogP contribution in [0, 0.1) is 19.4 Å². The summed E-state index contributed by atoms with van der Waals surface area (Å²) in [6, 6.07) is 6.13. The Morgan fingerprint density at radius 2 is 1.93 bits per heavy atom. The van der Waals surface area contributed by atoms with Crippen LogP contribution in [0.4, 0.5) is 0 Å². The van der Waals surface area contributed by atoms with E-state index in [2.05, 4.69) is 30.4 Å². The maximum Gasteiger partial charge on any atom is 0.201 e. The highest BCUT2D eigenvalue weighted by molar-refractivity contribution is 7.11. The van der Waals surface area contributed by atoms with E-state index in [1.807, 2.05) is 12.1 Å². The number of hydrogen-bond donors (Lipinski definition) is 0. The maximum atomic E-state index is 5.60. The second-order valence-electron chi connectivity index (χ2n) is 3.20. The summed E-state index contributed by atoms with van der Waals surface area (Å²) in [5.74, 6) is 0.861. The number of benzene rings is 1. The average Bonchev–Trinajstić information content (AvgIpc) is 2.54. The Kier molecular flexibility index (Phi) is 2.50. The van der Waals surface area contributed by atoms with Gasteiger partial charge in [0.25, 0.3) is 0 Å². The summed E-state index contributed by atoms with van der Waals surface area (Å²) in [7, 11) is 0. The van der Waals surface area contributed by atoms with Crippen molar-refractivity contribution in [1.82, 2.24) is 4.98 Å². The number of aryl methyl sites for hydroxylation is 2. The lowest BCUT2D eigenvalue weighted by Gasteiger charge is -2.04. The molecule has 1 aromatic heterocycles. The molecule has 0 atom stereocenters. The molecule has 0 aliphatic rings. The third-order valence-corrected chi connectivity index (χ3v) is 2.37. The summed E-state index contributed by atoms with van der Waals surface area (Å²) >= 11 is 1.37. The number of aromatic nitrogens is 1. The van der Waals surface area contributed by atoms with Gasteiger partial charge in [-0.05, 0) is 37.1 Å². The Balaban J connectivity index is 2.25. The summed E-state index contributed by atoms with van der Waals surface area (Å²) in [6.45, 7) is 4.11. The van der Waals surface area contributed by atoms with Crippen molar-refractivity contribution in [1.29, 1.82) is 0 Å². The monoisotopic (exact) mass is 204 g/mol. The topological polar surface area (TPSA) is 22.1 Å². The van der Waals surface area contributed by atoms with Crippen LogP contribution in [0.15, 0.2) is 24.4 Å². The number of hydrogen-bond acceptors (Lipinski definition) is 3. The lowest BCUT2D eigenvalue weighted by molar-refractivity contribution is 0.494. The van der Waals surface area contributed by atoms with Gasteiger partial charge in [-0.3, -0.25) is 0 Å². The van der Waals surface area contributed by atoms with Crippen molar-refractivity contribution in [2.24, 2.45) is 0 Å². The molecule has 3 heteroatoms. The van der Waals surface area contributed by atoms with Crippen LogP contribution in [0.1, 0.15) is 11.1 Å². The lowest BCUT2D eigenvalue weighted by Crippen LogP contribution is -1.84. The van der Waals surface area contributed by atoms with Crippen molar-refractivity contribution in [3.05, 3.63) is 41.0 Å². The van der Waals surface area contributed by atoms with E-state index < -0.39 is 0 Å². The largest absolute Gasteiger partial charge is 0.445 e. The lowest BCUT2D eigenvalue weighted by atomic mass is 10.1. The average molecular weight is 204 g/mol. The normalized spacial score (nSPS) is 10.1. The molecule has 0 unspecified atom stereocenters. The molecule has 2 aromatic rings. The third-order valence-electron chi connectivity index (χ3n) is 1.78. The Morgan fingerprint density at radius 1 is 1.21 bits per heavy atom. The van der Waals surface area contributed by atoms with Gasteiger partial charge in [0.15, 0.2) is 5.51 Å². The molecule has 1 radical (unpaired) electrons. The zero-order valence-corrected chi connectivity index (χ0v) is 8.89. The van der Waals surface area contributed by atoms with Gasteiger partial charge in [-0.25, -0.2) is 4.98 Å². The van der Waals surface area contributed by atoms with Gasteiger partial charge in [0, 0.05) is 0 Å². The van der Waals surface area contributed by atoms with E-state index in [1.54, 1.807) is 6.20 Å². The molecule has 71 valence electrons. The first kappa shape index (κ1) is 9.21. The molecule has 0 aliphatic heterocycles.